The van der Waals surface area contributed by atoms with Crippen molar-refractivity contribution in [3.63, 3.8) is 0 Å². The molecule has 1 heterocycles. The van der Waals surface area contributed by atoms with Crippen molar-refractivity contribution < 1.29 is 33.4 Å². The number of hydrogen-bond acceptors (Lipinski definition) is 9. The van der Waals surface area contributed by atoms with Gasteiger partial charge in [-0.1, -0.05) is 13.3 Å². The summed E-state index contributed by atoms with van der Waals surface area (Å²) in [5.41, 5.74) is 0. The normalized spacial score (nSPS) is 16.2. The standard InChI is InChI=1S/C21H36N2O7S2/c1-16-15-17(24)23(18(16)25)9-7-5-6-8-10-29-20(27)30-12-14-32-21(2,3)31-13-11-28-19(26)22-4/h16H,5-15H2,1-4H3,(H,22,26). The van der Waals surface area contributed by atoms with E-state index in [-0.39, 0.29) is 35.0 Å². The highest BCUT2D eigenvalue weighted by atomic mass is 32.2. The molecule has 0 saturated carbocycles. The minimum Gasteiger partial charge on any atom is -0.449 e. The molecule has 11 heteroatoms. The lowest BCUT2D eigenvalue weighted by atomic mass is 10.1. The summed E-state index contributed by atoms with van der Waals surface area (Å²) in [5, 5.41) is 2.40. The van der Waals surface area contributed by atoms with Crippen molar-refractivity contribution in [2.24, 2.45) is 5.92 Å². The molecule has 9 nitrogen and oxygen atoms in total. The van der Waals surface area contributed by atoms with Crippen molar-refractivity contribution in [3.05, 3.63) is 0 Å². The number of carbonyl (C=O) groups excluding carboxylic acids is 4. The molecule has 1 aliphatic rings. The summed E-state index contributed by atoms with van der Waals surface area (Å²) >= 11 is 3.32. The van der Waals surface area contributed by atoms with Gasteiger partial charge in [0.05, 0.1) is 10.7 Å². The van der Waals surface area contributed by atoms with Crippen LogP contribution in [0.3, 0.4) is 0 Å². The van der Waals surface area contributed by atoms with Crippen LogP contribution in [0.5, 0.6) is 0 Å². The summed E-state index contributed by atoms with van der Waals surface area (Å²) in [7, 11) is 1.52. The van der Waals surface area contributed by atoms with Gasteiger partial charge in [0, 0.05) is 37.4 Å². The van der Waals surface area contributed by atoms with Gasteiger partial charge in [-0.05, 0) is 33.1 Å². The number of thioether (sulfide) groups is 2. The quantitative estimate of drug-likeness (QED) is 0.158. The molecular weight excluding hydrogens is 456 g/mol. The van der Waals surface area contributed by atoms with Gasteiger partial charge in [0.15, 0.2) is 0 Å². The van der Waals surface area contributed by atoms with Crippen molar-refractivity contribution >= 4 is 47.6 Å². The number of likely N-dealkylation sites (tertiary alicyclic amines) is 1. The van der Waals surface area contributed by atoms with E-state index < -0.39 is 12.2 Å². The third-order valence-corrected chi connectivity index (χ3v) is 7.53. The van der Waals surface area contributed by atoms with Gasteiger partial charge in [-0.25, -0.2) is 9.59 Å². The zero-order valence-corrected chi connectivity index (χ0v) is 21.1. The number of imide groups is 1. The van der Waals surface area contributed by atoms with Crippen LogP contribution in [-0.2, 0) is 23.8 Å². The molecule has 0 aromatic rings. The minimum atomic E-state index is -0.669. The first-order valence-corrected chi connectivity index (χ1v) is 12.9. The average Bonchev–Trinajstić information content (AvgIpc) is 2.99. The number of nitrogens with one attached hydrogen (secondary N) is 1. The predicted octanol–water partition coefficient (Wildman–Crippen LogP) is 3.65. The number of hydrogen-bond donors (Lipinski definition) is 1. The molecule has 1 N–H and O–H groups in total. The van der Waals surface area contributed by atoms with Crippen LogP contribution in [0.4, 0.5) is 9.59 Å². The molecule has 0 radical (unpaired) electrons. The molecule has 184 valence electrons. The van der Waals surface area contributed by atoms with Gasteiger partial charge in [-0.3, -0.25) is 14.5 Å². The second-order valence-electron chi connectivity index (χ2n) is 7.83. The molecule has 1 unspecified atom stereocenters. The van der Waals surface area contributed by atoms with E-state index in [1.807, 2.05) is 0 Å². The molecule has 1 rings (SSSR count). The Hall–Kier alpha value is -1.62. The monoisotopic (exact) mass is 492 g/mol. The lowest BCUT2D eigenvalue weighted by molar-refractivity contribution is -0.139. The van der Waals surface area contributed by atoms with Crippen LogP contribution in [-0.4, -0.2) is 78.0 Å². The lowest BCUT2D eigenvalue weighted by Gasteiger charge is -2.23. The molecule has 1 saturated heterocycles. The van der Waals surface area contributed by atoms with Crippen molar-refractivity contribution in [2.45, 2.75) is 57.0 Å². The van der Waals surface area contributed by atoms with Crippen molar-refractivity contribution in [2.75, 3.05) is 44.9 Å². The van der Waals surface area contributed by atoms with Crippen LogP contribution in [0, 0.1) is 5.92 Å². The molecule has 0 spiro atoms. The summed E-state index contributed by atoms with van der Waals surface area (Å²) in [6.45, 7) is 7.27. The number of alkyl carbamates (subject to hydrolysis) is 1. The first-order chi connectivity index (χ1) is 15.2. The number of rotatable bonds is 15. The minimum absolute atomic E-state index is 0.0729. The summed E-state index contributed by atoms with van der Waals surface area (Å²) in [5.74, 6) is 0.970. The third-order valence-electron chi connectivity index (χ3n) is 4.69. The molecule has 32 heavy (non-hydrogen) atoms. The smallest absolute Gasteiger partial charge is 0.449 e. The summed E-state index contributed by atoms with van der Waals surface area (Å²) < 4.78 is 15.0. The second kappa shape index (κ2) is 15.3. The van der Waals surface area contributed by atoms with Gasteiger partial charge in [0.25, 0.3) is 0 Å². The highest BCUT2D eigenvalue weighted by molar-refractivity contribution is 8.18. The molecule has 3 amide bonds. The van der Waals surface area contributed by atoms with E-state index in [1.165, 1.54) is 11.9 Å². The number of ether oxygens (including phenoxy) is 3. The first kappa shape index (κ1) is 28.4. The molecule has 1 aliphatic heterocycles. The SMILES string of the molecule is CNC(=O)OCCSC(C)(C)SCCOC(=O)OCCCCCCN1C(=O)CC(C)C1=O. The van der Waals surface area contributed by atoms with Crippen LogP contribution in [0.15, 0.2) is 0 Å². The first-order valence-electron chi connectivity index (χ1n) is 10.9. The fraction of sp³-hybridized carbons (Fsp3) is 0.810. The summed E-state index contributed by atoms with van der Waals surface area (Å²) in [4.78, 5) is 47.5. The number of carbonyl (C=O) groups is 4. The van der Waals surface area contributed by atoms with Crippen molar-refractivity contribution in [1.29, 1.82) is 0 Å². The molecule has 0 aromatic carbocycles. The molecule has 1 fully saturated rings. The van der Waals surface area contributed by atoms with Gasteiger partial charge in [0.1, 0.15) is 13.2 Å². The molecule has 1 atom stereocenters. The van der Waals surface area contributed by atoms with E-state index in [0.29, 0.717) is 37.5 Å². The Morgan fingerprint density at radius 2 is 1.59 bits per heavy atom. The Kier molecular flexibility index (Phi) is 13.5. The van der Waals surface area contributed by atoms with Gasteiger partial charge in [-0.2, -0.15) is 0 Å². The fourth-order valence-electron chi connectivity index (χ4n) is 2.95. The number of nitrogens with zero attached hydrogens (tertiary/aromatic N) is 1. The summed E-state index contributed by atoms with van der Waals surface area (Å²) in [6.07, 6.45) is 2.40. The predicted molar refractivity (Wildman–Crippen MR) is 126 cm³/mol. The Balaban J connectivity index is 1.97. The Morgan fingerprint density at radius 3 is 2.19 bits per heavy atom. The van der Waals surface area contributed by atoms with Crippen LogP contribution in [0.25, 0.3) is 0 Å². The average molecular weight is 493 g/mol. The highest BCUT2D eigenvalue weighted by Gasteiger charge is 2.34. The van der Waals surface area contributed by atoms with Gasteiger partial charge < -0.3 is 19.5 Å². The van der Waals surface area contributed by atoms with Gasteiger partial charge in [0.2, 0.25) is 11.8 Å². The lowest BCUT2D eigenvalue weighted by Crippen LogP contribution is -2.31. The topological polar surface area (TPSA) is 111 Å². The van der Waals surface area contributed by atoms with E-state index >= 15 is 0 Å². The number of unbranched alkanes of at least 4 members (excludes halogenated alkanes) is 3. The Morgan fingerprint density at radius 1 is 1.00 bits per heavy atom. The molecular formula is C21H36N2O7S2. The van der Waals surface area contributed by atoms with E-state index in [0.717, 1.165) is 19.3 Å². The van der Waals surface area contributed by atoms with E-state index in [2.05, 4.69) is 19.2 Å². The highest BCUT2D eigenvalue weighted by Crippen LogP contribution is 2.35. The van der Waals surface area contributed by atoms with Gasteiger partial charge >= 0.3 is 12.2 Å². The van der Waals surface area contributed by atoms with E-state index in [1.54, 1.807) is 30.4 Å². The maximum atomic E-state index is 11.8. The molecule has 0 aliphatic carbocycles. The van der Waals surface area contributed by atoms with Crippen LogP contribution < -0.4 is 5.32 Å². The van der Waals surface area contributed by atoms with Gasteiger partial charge in [-0.15, -0.1) is 23.5 Å². The van der Waals surface area contributed by atoms with Crippen molar-refractivity contribution in [3.8, 4) is 0 Å². The maximum Gasteiger partial charge on any atom is 0.508 e. The zero-order chi connectivity index (χ0) is 24.0. The fourth-order valence-corrected chi connectivity index (χ4v) is 5.10. The van der Waals surface area contributed by atoms with Crippen molar-refractivity contribution in [1.82, 2.24) is 10.2 Å². The molecule has 0 bridgehead atoms. The second-order valence-corrected chi connectivity index (χ2v) is 11.5. The number of amides is 3. The van der Waals surface area contributed by atoms with Crippen LogP contribution >= 0.6 is 23.5 Å². The Labute approximate surface area is 199 Å². The largest absolute Gasteiger partial charge is 0.508 e. The van der Waals surface area contributed by atoms with Crippen LogP contribution in [0.2, 0.25) is 0 Å². The Bertz CT molecular complexity index is 631. The zero-order valence-electron chi connectivity index (χ0n) is 19.5. The van der Waals surface area contributed by atoms with E-state index in [9.17, 15) is 19.2 Å². The van der Waals surface area contributed by atoms with E-state index in [4.69, 9.17) is 14.2 Å². The third kappa shape index (κ3) is 11.8. The van der Waals surface area contributed by atoms with Crippen LogP contribution in [0.1, 0.15) is 52.9 Å². The summed E-state index contributed by atoms with van der Waals surface area (Å²) in [6, 6.07) is 0. The maximum absolute atomic E-state index is 11.8. The molecule has 0 aromatic heterocycles.